The number of hydrogen-bond acceptors (Lipinski definition) is 4. The smallest absolute Gasteiger partial charge is 0.175 e. The van der Waals surface area contributed by atoms with E-state index in [4.69, 9.17) is 0 Å². The molecule has 0 atom stereocenters. The van der Waals surface area contributed by atoms with Crippen molar-refractivity contribution < 1.29 is 0 Å². The summed E-state index contributed by atoms with van der Waals surface area (Å²) in [4.78, 5) is 4.78. The van der Waals surface area contributed by atoms with Gasteiger partial charge in [-0.15, -0.1) is 10.2 Å². The number of piperazine rings is 1. The van der Waals surface area contributed by atoms with Crippen LogP contribution in [0.1, 0.15) is 5.82 Å². The van der Waals surface area contributed by atoms with Crippen molar-refractivity contribution in [2.24, 2.45) is 0 Å². The SMILES string of the molecule is CN1CCN(Cc2nnc3c(Br)cccn23)CC1. The quantitative estimate of drug-likeness (QED) is 0.836. The fourth-order valence-corrected chi connectivity index (χ4v) is 2.67. The van der Waals surface area contributed by atoms with E-state index in [-0.39, 0.29) is 0 Å². The molecule has 0 amide bonds. The van der Waals surface area contributed by atoms with Gasteiger partial charge in [0, 0.05) is 32.4 Å². The first-order valence-electron chi connectivity index (χ1n) is 6.13. The van der Waals surface area contributed by atoms with Crippen LogP contribution >= 0.6 is 15.9 Å². The van der Waals surface area contributed by atoms with Crippen LogP contribution in [-0.4, -0.2) is 57.6 Å². The van der Waals surface area contributed by atoms with Gasteiger partial charge in [0.25, 0.3) is 0 Å². The second-order valence-corrected chi connectivity index (χ2v) is 5.60. The molecule has 0 bridgehead atoms. The second-order valence-electron chi connectivity index (χ2n) is 4.75. The molecule has 0 aromatic carbocycles. The molecule has 1 aliphatic rings. The van der Waals surface area contributed by atoms with Gasteiger partial charge in [0.05, 0.1) is 11.0 Å². The van der Waals surface area contributed by atoms with Gasteiger partial charge in [-0.1, -0.05) is 0 Å². The highest BCUT2D eigenvalue weighted by atomic mass is 79.9. The molecular weight excluding hydrogens is 294 g/mol. The Morgan fingerprint density at radius 3 is 2.78 bits per heavy atom. The van der Waals surface area contributed by atoms with Crippen LogP contribution in [0, 0.1) is 0 Å². The Balaban J connectivity index is 1.81. The maximum atomic E-state index is 4.30. The average Bonchev–Trinajstić information content (AvgIpc) is 2.77. The topological polar surface area (TPSA) is 36.7 Å². The predicted octanol–water partition coefficient (Wildman–Crippen LogP) is 1.24. The molecule has 5 nitrogen and oxygen atoms in total. The van der Waals surface area contributed by atoms with E-state index in [1.54, 1.807) is 0 Å². The lowest BCUT2D eigenvalue weighted by atomic mass is 10.3. The molecular formula is C12H16BrN5. The average molecular weight is 310 g/mol. The molecule has 3 heterocycles. The lowest BCUT2D eigenvalue weighted by molar-refractivity contribution is 0.145. The van der Waals surface area contributed by atoms with E-state index in [1.165, 1.54) is 0 Å². The monoisotopic (exact) mass is 309 g/mol. The van der Waals surface area contributed by atoms with Gasteiger partial charge in [0.1, 0.15) is 0 Å². The predicted molar refractivity (Wildman–Crippen MR) is 73.5 cm³/mol. The summed E-state index contributed by atoms with van der Waals surface area (Å²) in [6, 6.07) is 4.00. The third-order valence-electron chi connectivity index (χ3n) is 3.42. The molecule has 2 aromatic heterocycles. The third kappa shape index (κ3) is 2.28. The molecule has 0 radical (unpaired) electrons. The normalized spacial score (nSPS) is 18.6. The lowest BCUT2D eigenvalue weighted by Gasteiger charge is -2.31. The Labute approximate surface area is 115 Å². The number of rotatable bonds is 2. The summed E-state index contributed by atoms with van der Waals surface area (Å²) in [6.07, 6.45) is 2.02. The zero-order valence-corrected chi connectivity index (χ0v) is 12.0. The number of likely N-dealkylation sites (N-methyl/N-ethyl adjacent to an activating group) is 1. The second kappa shape index (κ2) is 4.95. The molecule has 1 saturated heterocycles. The summed E-state index contributed by atoms with van der Waals surface area (Å²) >= 11 is 3.50. The molecule has 0 aliphatic carbocycles. The van der Waals surface area contributed by atoms with Crippen molar-refractivity contribution >= 4 is 21.6 Å². The summed E-state index contributed by atoms with van der Waals surface area (Å²) in [5, 5.41) is 8.52. The van der Waals surface area contributed by atoms with Gasteiger partial charge in [-0.2, -0.15) is 0 Å². The zero-order valence-electron chi connectivity index (χ0n) is 10.4. The van der Waals surface area contributed by atoms with E-state index < -0.39 is 0 Å². The Hall–Kier alpha value is -0.980. The number of aromatic nitrogens is 3. The molecule has 0 saturated carbocycles. The van der Waals surface area contributed by atoms with Gasteiger partial charge in [-0.25, -0.2) is 0 Å². The van der Waals surface area contributed by atoms with Crippen LogP contribution < -0.4 is 0 Å². The molecule has 6 heteroatoms. The Bertz CT molecular complexity index is 544. The van der Waals surface area contributed by atoms with Gasteiger partial charge in [0.15, 0.2) is 11.5 Å². The first kappa shape index (κ1) is 12.1. The van der Waals surface area contributed by atoms with Gasteiger partial charge in [-0.3, -0.25) is 9.30 Å². The van der Waals surface area contributed by atoms with Gasteiger partial charge < -0.3 is 4.90 Å². The molecule has 3 rings (SSSR count). The highest BCUT2D eigenvalue weighted by Crippen LogP contribution is 2.17. The number of pyridine rings is 1. The summed E-state index contributed by atoms with van der Waals surface area (Å²) in [6.45, 7) is 5.31. The van der Waals surface area contributed by atoms with Crippen molar-refractivity contribution in [1.82, 2.24) is 24.4 Å². The van der Waals surface area contributed by atoms with E-state index in [2.05, 4.69) is 47.4 Å². The fraction of sp³-hybridized carbons (Fsp3) is 0.500. The molecule has 2 aromatic rings. The highest BCUT2D eigenvalue weighted by Gasteiger charge is 2.16. The van der Waals surface area contributed by atoms with Crippen LogP contribution in [0.5, 0.6) is 0 Å². The van der Waals surface area contributed by atoms with Crippen LogP contribution in [0.25, 0.3) is 5.65 Å². The van der Waals surface area contributed by atoms with E-state index in [0.717, 1.165) is 48.7 Å². The minimum atomic E-state index is 0.867. The number of hydrogen-bond donors (Lipinski definition) is 0. The molecule has 96 valence electrons. The molecule has 18 heavy (non-hydrogen) atoms. The van der Waals surface area contributed by atoms with Gasteiger partial charge in [0.2, 0.25) is 0 Å². The van der Waals surface area contributed by atoms with Crippen LogP contribution in [0.3, 0.4) is 0 Å². The maximum Gasteiger partial charge on any atom is 0.175 e. The molecule has 0 unspecified atom stereocenters. The minimum absolute atomic E-state index is 0.867. The van der Waals surface area contributed by atoms with Crippen LogP contribution in [-0.2, 0) is 6.54 Å². The van der Waals surface area contributed by atoms with Gasteiger partial charge >= 0.3 is 0 Å². The minimum Gasteiger partial charge on any atom is -0.304 e. The van der Waals surface area contributed by atoms with E-state index in [9.17, 15) is 0 Å². The molecule has 1 fully saturated rings. The molecule has 1 aliphatic heterocycles. The summed E-state index contributed by atoms with van der Waals surface area (Å²) in [5.41, 5.74) is 0.890. The number of nitrogens with zero attached hydrogens (tertiary/aromatic N) is 5. The Morgan fingerprint density at radius 2 is 2.00 bits per heavy atom. The van der Waals surface area contributed by atoms with E-state index in [1.807, 2.05) is 18.3 Å². The third-order valence-corrected chi connectivity index (χ3v) is 4.04. The number of fused-ring (bicyclic) bond motifs is 1. The van der Waals surface area contributed by atoms with Crippen LogP contribution in [0.2, 0.25) is 0 Å². The lowest BCUT2D eigenvalue weighted by Crippen LogP contribution is -2.44. The van der Waals surface area contributed by atoms with Crippen molar-refractivity contribution in [3.8, 4) is 0 Å². The Kier molecular flexibility index (Phi) is 3.32. The largest absolute Gasteiger partial charge is 0.304 e. The van der Waals surface area contributed by atoms with Crippen molar-refractivity contribution in [2.45, 2.75) is 6.54 Å². The summed E-state index contributed by atoms with van der Waals surface area (Å²) in [7, 11) is 2.17. The summed E-state index contributed by atoms with van der Waals surface area (Å²) in [5.74, 6) is 1.01. The zero-order chi connectivity index (χ0) is 12.5. The van der Waals surface area contributed by atoms with E-state index >= 15 is 0 Å². The van der Waals surface area contributed by atoms with E-state index in [0.29, 0.717) is 0 Å². The maximum absolute atomic E-state index is 4.30. The fourth-order valence-electron chi connectivity index (χ4n) is 2.25. The summed E-state index contributed by atoms with van der Waals surface area (Å²) < 4.78 is 3.05. The number of halogens is 1. The first-order valence-corrected chi connectivity index (χ1v) is 6.92. The molecule has 0 spiro atoms. The Morgan fingerprint density at radius 1 is 1.22 bits per heavy atom. The van der Waals surface area contributed by atoms with Crippen molar-refractivity contribution in [1.29, 1.82) is 0 Å². The standard InChI is InChI=1S/C12H16BrN5/c1-16-5-7-17(8-6-16)9-11-14-15-12-10(13)3-2-4-18(11)12/h2-4H,5-9H2,1H3. The highest BCUT2D eigenvalue weighted by molar-refractivity contribution is 9.10. The van der Waals surface area contributed by atoms with Crippen molar-refractivity contribution in [2.75, 3.05) is 33.2 Å². The van der Waals surface area contributed by atoms with Crippen LogP contribution in [0.15, 0.2) is 22.8 Å². The van der Waals surface area contributed by atoms with Crippen molar-refractivity contribution in [3.05, 3.63) is 28.6 Å². The first-order chi connectivity index (χ1) is 8.74. The van der Waals surface area contributed by atoms with Crippen molar-refractivity contribution in [3.63, 3.8) is 0 Å². The van der Waals surface area contributed by atoms with Gasteiger partial charge in [-0.05, 0) is 35.1 Å². The molecule has 0 N–H and O–H groups in total. The van der Waals surface area contributed by atoms with Crippen LogP contribution in [0.4, 0.5) is 0 Å².